The molecule has 0 aliphatic rings. The molecule has 3 aromatic heterocycles. The maximum Gasteiger partial charge on any atom is 0.261 e. The summed E-state index contributed by atoms with van der Waals surface area (Å²) in [5.41, 5.74) is 1.47. The monoisotopic (exact) mass is 342 g/mol. The highest BCUT2D eigenvalue weighted by Crippen LogP contribution is 2.24. The number of rotatable bonds is 5. The van der Waals surface area contributed by atoms with E-state index in [4.69, 9.17) is 8.94 Å². The molecule has 120 valence electrons. The van der Waals surface area contributed by atoms with Crippen molar-refractivity contribution in [1.82, 2.24) is 30.3 Å². The van der Waals surface area contributed by atoms with Gasteiger partial charge in [-0.3, -0.25) is 0 Å². The molecule has 0 aliphatic heterocycles. The Morgan fingerprint density at radius 2 is 2.04 bits per heavy atom. The molecule has 9 nitrogen and oxygen atoms in total. The average Bonchev–Trinajstić information content (AvgIpc) is 3.34. The molecule has 1 N–H and O–H groups in total. The lowest BCUT2D eigenvalue weighted by Gasteiger charge is -2.02. The van der Waals surface area contributed by atoms with Gasteiger partial charge >= 0.3 is 0 Å². The van der Waals surface area contributed by atoms with Gasteiger partial charge in [-0.2, -0.15) is 9.67 Å². The Balaban J connectivity index is 1.49. The van der Waals surface area contributed by atoms with Crippen LogP contribution in [0.2, 0.25) is 0 Å². The summed E-state index contributed by atoms with van der Waals surface area (Å²) in [4.78, 5) is 4.30. The predicted octanol–water partition coefficient (Wildman–Crippen LogP) is 2.30. The first-order chi connectivity index (χ1) is 11.8. The first kappa shape index (κ1) is 14.5. The summed E-state index contributed by atoms with van der Waals surface area (Å²) in [6, 6.07) is 8.34. The standard InChI is InChI=1S/C14H10N6O3S/c21-11-3-1-10(2-4-11)20-14(16-18-19-20)24-8-12-15-13(23-17-12)9-5-6-22-7-9/h1-7,21H,8H2. The molecule has 0 bridgehead atoms. The van der Waals surface area contributed by atoms with Crippen LogP contribution in [0.1, 0.15) is 5.82 Å². The van der Waals surface area contributed by atoms with Gasteiger partial charge in [0.2, 0.25) is 5.16 Å². The Bertz CT molecular complexity index is 932. The van der Waals surface area contributed by atoms with Gasteiger partial charge < -0.3 is 14.0 Å². The van der Waals surface area contributed by atoms with Crippen molar-refractivity contribution in [1.29, 1.82) is 0 Å². The Labute approximate surface area is 139 Å². The van der Waals surface area contributed by atoms with Gasteiger partial charge in [0.1, 0.15) is 12.0 Å². The SMILES string of the molecule is Oc1ccc(-n2nnnc2SCc2noc(-c3ccoc3)n2)cc1. The van der Waals surface area contributed by atoms with Crippen molar-refractivity contribution >= 4 is 11.8 Å². The second kappa shape index (κ2) is 6.16. The molecule has 0 spiro atoms. The molecular formula is C14H10N6O3S. The molecule has 0 radical (unpaired) electrons. The molecule has 1 aromatic carbocycles. The minimum Gasteiger partial charge on any atom is -0.508 e. The van der Waals surface area contributed by atoms with E-state index in [0.29, 0.717) is 22.6 Å². The summed E-state index contributed by atoms with van der Waals surface area (Å²) in [5.74, 6) is 1.55. The van der Waals surface area contributed by atoms with Crippen LogP contribution in [-0.2, 0) is 5.75 Å². The third-order valence-corrected chi connectivity index (χ3v) is 4.02. The number of aromatic hydroxyl groups is 1. The smallest absolute Gasteiger partial charge is 0.261 e. The van der Waals surface area contributed by atoms with Gasteiger partial charge in [-0.15, -0.1) is 5.10 Å². The highest BCUT2D eigenvalue weighted by Gasteiger charge is 2.13. The van der Waals surface area contributed by atoms with Crippen LogP contribution < -0.4 is 0 Å². The van der Waals surface area contributed by atoms with Crippen molar-refractivity contribution in [3.05, 3.63) is 48.7 Å². The van der Waals surface area contributed by atoms with E-state index in [-0.39, 0.29) is 5.75 Å². The molecule has 4 aromatic rings. The Hall–Kier alpha value is -3.14. The summed E-state index contributed by atoms with van der Waals surface area (Å²) in [6.07, 6.45) is 3.08. The summed E-state index contributed by atoms with van der Waals surface area (Å²) in [6.45, 7) is 0. The van der Waals surface area contributed by atoms with Gasteiger partial charge in [0, 0.05) is 0 Å². The highest BCUT2D eigenvalue weighted by atomic mass is 32.2. The summed E-state index contributed by atoms with van der Waals surface area (Å²) < 4.78 is 11.7. The summed E-state index contributed by atoms with van der Waals surface area (Å²) >= 11 is 1.37. The second-order valence-corrected chi connectivity index (χ2v) is 5.65. The van der Waals surface area contributed by atoms with Gasteiger partial charge in [-0.1, -0.05) is 16.9 Å². The zero-order chi connectivity index (χ0) is 16.4. The quantitative estimate of drug-likeness (QED) is 0.545. The van der Waals surface area contributed by atoms with Crippen molar-refractivity contribution in [3.63, 3.8) is 0 Å². The van der Waals surface area contributed by atoms with E-state index in [9.17, 15) is 5.11 Å². The van der Waals surface area contributed by atoms with Gasteiger partial charge in [0.05, 0.1) is 23.3 Å². The number of benzene rings is 1. The molecule has 0 saturated heterocycles. The van der Waals surface area contributed by atoms with E-state index in [1.165, 1.54) is 18.0 Å². The summed E-state index contributed by atoms with van der Waals surface area (Å²) in [5, 5.41) is 25.5. The minimum atomic E-state index is 0.180. The fraction of sp³-hybridized carbons (Fsp3) is 0.0714. The lowest BCUT2D eigenvalue weighted by Crippen LogP contribution is -1.99. The maximum atomic E-state index is 9.36. The van der Waals surface area contributed by atoms with Crippen molar-refractivity contribution in [2.75, 3.05) is 0 Å². The van der Waals surface area contributed by atoms with E-state index in [0.717, 1.165) is 11.3 Å². The predicted molar refractivity (Wildman–Crippen MR) is 82.4 cm³/mol. The molecule has 0 unspecified atom stereocenters. The Morgan fingerprint density at radius 1 is 1.17 bits per heavy atom. The molecule has 0 amide bonds. The number of phenols is 1. The van der Waals surface area contributed by atoms with Gasteiger partial charge in [0.15, 0.2) is 5.82 Å². The van der Waals surface area contributed by atoms with E-state index >= 15 is 0 Å². The number of aromatic nitrogens is 6. The van der Waals surface area contributed by atoms with E-state index in [1.54, 1.807) is 41.3 Å². The Kier molecular flexibility index (Phi) is 3.71. The van der Waals surface area contributed by atoms with Crippen LogP contribution >= 0.6 is 11.8 Å². The van der Waals surface area contributed by atoms with Crippen molar-refractivity contribution in [2.45, 2.75) is 10.9 Å². The molecule has 0 aliphatic carbocycles. The molecule has 0 saturated carbocycles. The van der Waals surface area contributed by atoms with Gasteiger partial charge in [0.25, 0.3) is 5.89 Å². The molecule has 0 atom stereocenters. The van der Waals surface area contributed by atoms with Crippen LogP contribution in [0.25, 0.3) is 17.1 Å². The lowest BCUT2D eigenvalue weighted by molar-refractivity contribution is 0.424. The van der Waals surface area contributed by atoms with Crippen LogP contribution in [0.15, 0.2) is 57.0 Å². The van der Waals surface area contributed by atoms with Crippen LogP contribution in [0.5, 0.6) is 5.75 Å². The molecule has 4 rings (SSSR count). The number of nitrogens with zero attached hydrogens (tertiary/aromatic N) is 6. The summed E-state index contributed by atoms with van der Waals surface area (Å²) in [7, 11) is 0. The number of hydrogen-bond donors (Lipinski definition) is 1. The van der Waals surface area contributed by atoms with Gasteiger partial charge in [-0.25, -0.2) is 0 Å². The second-order valence-electron chi connectivity index (χ2n) is 4.71. The largest absolute Gasteiger partial charge is 0.508 e. The topological polar surface area (TPSA) is 116 Å². The molecule has 24 heavy (non-hydrogen) atoms. The molecule has 10 heteroatoms. The fourth-order valence-corrected chi connectivity index (χ4v) is 2.70. The van der Waals surface area contributed by atoms with Crippen molar-refractivity contribution in [3.8, 4) is 22.9 Å². The molecule has 0 fully saturated rings. The maximum absolute atomic E-state index is 9.36. The number of furan rings is 1. The number of phenolic OH excluding ortho intramolecular Hbond substituents is 1. The molecular weight excluding hydrogens is 332 g/mol. The van der Waals surface area contributed by atoms with E-state index < -0.39 is 0 Å². The Morgan fingerprint density at radius 3 is 2.83 bits per heavy atom. The third kappa shape index (κ3) is 2.86. The first-order valence-corrected chi connectivity index (χ1v) is 7.84. The van der Waals surface area contributed by atoms with Gasteiger partial charge in [-0.05, 0) is 40.8 Å². The van der Waals surface area contributed by atoms with Crippen LogP contribution in [0, 0.1) is 0 Å². The van der Waals surface area contributed by atoms with E-state index in [1.807, 2.05) is 0 Å². The number of thioether (sulfide) groups is 1. The highest BCUT2D eigenvalue weighted by molar-refractivity contribution is 7.98. The zero-order valence-corrected chi connectivity index (χ0v) is 12.9. The van der Waals surface area contributed by atoms with Crippen molar-refractivity contribution < 1.29 is 14.0 Å². The zero-order valence-electron chi connectivity index (χ0n) is 12.1. The first-order valence-electron chi connectivity index (χ1n) is 6.85. The van der Waals surface area contributed by atoms with Crippen LogP contribution in [-0.4, -0.2) is 35.5 Å². The van der Waals surface area contributed by atoms with Crippen LogP contribution in [0.3, 0.4) is 0 Å². The third-order valence-electron chi connectivity index (χ3n) is 3.10. The number of tetrazole rings is 1. The lowest BCUT2D eigenvalue weighted by atomic mass is 10.3. The average molecular weight is 342 g/mol. The molecule has 3 heterocycles. The number of hydrogen-bond acceptors (Lipinski definition) is 9. The van der Waals surface area contributed by atoms with E-state index in [2.05, 4.69) is 25.7 Å². The van der Waals surface area contributed by atoms with Crippen molar-refractivity contribution in [2.24, 2.45) is 0 Å². The minimum absolute atomic E-state index is 0.180. The van der Waals surface area contributed by atoms with Crippen LogP contribution in [0.4, 0.5) is 0 Å². The fourth-order valence-electron chi connectivity index (χ4n) is 1.97. The normalized spacial score (nSPS) is 11.0.